The molecule has 4 N–H and O–H groups in total. The highest BCUT2D eigenvalue weighted by Gasteiger charge is 2.12. The number of H-pyrrole nitrogens is 1. The van der Waals surface area contributed by atoms with E-state index in [2.05, 4.69) is 4.98 Å². The van der Waals surface area contributed by atoms with E-state index in [1.54, 1.807) is 18.2 Å². The second-order valence-electron chi connectivity index (χ2n) is 3.03. The lowest BCUT2D eigenvalue weighted by Gasteiger charge is -2.07. The van der Waals surface area contributed by atoms with Gasteiger partial charge in [0.25, 0.3) is 0 Å². The van der Waals surface area contributed by atoms with Gasteiger partial charge in [0.15, 0.2) is 5.58 Å². The zero-order chi connectivity index (χ0) is 10.1. The van der Waals surface area contributed by atoms with Gasteiger partial charge in [-0.2, -0.15) is 0 Å². The van der Waals surface area contributed by atoms with Crippen molar-refractivity contribution in [3.8, 4) is 0 Å². The number of aromatic amines is 1. The van der Waals surface area contributed by atoms with Crippen molar-refractivity contribution in [3.63, 3.8) is 0 Å². The molecule has 2 aromatic rings. The molecule has 0 aliphatic carbocycles. The van der Waals surface area contributed by atoms with Gasteiger partial charge >= 0.3 is 5.76 Å². The molecule has 74 valence electrons. The van der Waals surface area contributed by atoms with Gasteiger partial charge in [0.2, 0.25) is 0 Å². The van der Waals surface area contributed by atoms with Gasteiger partial charge in [0.05, 0.1) is 18.2 Å². The first-order valence-corrected chi connectivity index (χ1v) is 4.20. The molecule has 0 saturated carbocycles. The van der Waals surface area contributed by atoms with E-state index >= 15 is 0 Å². The highest BCUT2D eigenvalue weighted by Crippen LogP contribution is 2.20. The van der Waals surface area contributed by atoms with Crippen LogP contribution in [0.5, 0.6) is 0 Å². The number of nitrogens with one attached hydrogen (secondary N) is 1. The van der Waals surface area contributed by atoms with Crippen molar-refractivity contribution in [1.29, 1.82) is 0 Å². The van der Waals surface area contributed by atoms with E-state index in [0.717, 1.165) is 0 Å². The van der Waals surface area contributed by atoms with Gasteiger partial charge in [0, 0.05) is 5.56 Å². The van der Waals surface area contributed by atoms with E-state index in [0.29, 0.717) is 16.7 Å². The largest absolute Gasteiger partial charge is 0.417 e. The molecule has 5 nitrogen and oxygen atoms in total. The molecular formula is C9H10N2O3. The standard InChI is InChI=1S/C9H10N2O3/c10-6(4-12)5-2-1-3-7-8(5)14-9(13)11-7/h1-3,6,12H,4,10H2,(H,11,13). The highest BCUT2D eigenvalue weighted by atomic mass is 16.4. The first-order chi connectivity index (χ1) is 6.72. The number of para-hydroxylation sites is 1. The summed E-state index contributed by atoms with van der Waals surface area (Å²) in [5.41, 5.74) is 7.28. The smallest absolute Gasteiger partial charge is 0.407 e. The zero-order valence-corrected chi connectivity index (χ0v) is 7.36. The third-order valence-electron chi connectivity index (χ3n) is 2.07. The van der Waals surface area contributed by atoms with E-state index in [1.165, 1.54) is 0 Å². The molecule has 0 saturated heterocycles. The summed E-state index contributed by atoms with van der Waals surface area (Å²) in [4.78, 5) is 13.4. The zero-order valence-electron chi connectivity index (χ0n) is 7.36. The second-order valence-corrected chi connectivity index (χ2v) is 3.03. The molecule has 1 aromatic carbocycles. The van der Waals surface area contributed by atoms with Gasteiger partial charge in [-0.05, 0) is 6.07 Å². The third-order valence-corrected chi connectivity index (χ3v) is 2.07. The molecule has 0 fully saturated rings. The average molecular weight is 194 g/mol. The van der Waals surface area contributed by atoms with Crippen LogP contribution in [0.3, 0.4) is 0 Å². The first kappa shape index (κ1) is 8.98. The van der Waals surface area contributed by atoms with Crippen LogP contribution in [0.1, 0.15) is 11.6 Å². The van der Waals surface area contributed by atoms with Crippen LogP contribution in [0, 0.1) is 0 Å². The molecule has 0 aliphatic rings. The maximum Gasteiger partial charge on any atom is 0.417 e. The predicted molar refractivity (Wildman–Crippen MR) is 50.8 cm³/mol. The number of aliphatic hydroxyl groups is 1. The Hall–Kier alpha value is -1.59. The molecule has 1 aromatic heterocycles. The summed E-state index contributed by atoms with van der Waals surface area (Å²) >= 11 is 0. The summed E-state index contributed by atoms with van der Waals surface area (Å²) in [6, 6.07) is 4.66. The lowest BCUT2D eigenvalue weighted by atomic mass is 10.1. The summed E-state index contributed by atoms with van der Waals surface area (Å²) < 4.78 is 4.92. The van der Waals surface area contributed by atoms with Crippen molar-refractivity contribution in [2.24, 2.45) is 5.73 Å². The highest BCUT2D eigenvalue weighted by molar-refractivity contribution is 5.76. The van der Waals surface area contributed by atoms with Crippen molar-refractivity contribution < 1.29 is 9.52 Å². The molecule has 1 atom stereocenters. The monoisotopic (exact) mass is 194 g/mol. The van der Waals surface area contributed by atoms with Gasteiger partial charge in [0.1, 0.15) is 0 Å². The van der Waals surface area contributed by atoms with Crippen molar-refractivity contribution in [2.45, 2.75) is 6.04 Å². The number of hydrogen-bond donors (Lipinski definition) is 3. The van der Waals surface area contributed by atoms with Gasteiger partial charge in [-0.25, -0.2) is 4.79 Å². The van der Waals surface area contributed by atoms with Gasteiger partial charge in [-0.3, -0.25) is 4.98 Å². The molecule has 0 spiro atoms. The summed E-state index contributed by atoms with van der Waals surface area (Å²) in [6.45, 7) is -0.187. The molecule has 0 aliphatic heterocycles. The Labute approximate surface area is 79.2 Å². The fourth-order valence-corrected chi connectivity index (χ4v) is 1.39. The molecule has 0 amide bonds. The predicted octanol–water partition coefficient (Wildman–Crippen LogP) is 0.113. The Kier molecular flexibility index (Phi) is 2.11. The second kappa shape index (κ2) is 3.28. The van der Waals surface area contributed by atoms with Gasteiger partial charge in [-0.1, -0.05) is 12.1 Å². The van der Waals surface area contributed by atoms with Crippen molar-refractivity contribution >= 4 is 11.1 Å². The third kappa shape index (κ3) is 1.32. The van der Waals surface area contributed by atoms with Gasteiger partial charge in [-0.15, -0.1) is 0 Å². The normalized spacial score (nSPS) is 13.3. The van der Waals surface area contributed by atoms with E-state index in [4.69, 9.17) is 15.3 Å². The van der Waals surface area contributed by atoms with Crippen LogP contribution in [-0.4, -0.2) is 16.7 Å². The van der Waals surface area contributed by atoms with Crippen molar-refractivity contribution in [1.82, 2.24) is 4.98 Å². The molecule has 1 heterocycles. The molecule has 0 radical (unpaired) electrons. The van der Waals surface area contributed by atoms with Gasteiger partial charge < -0.3 is 15.3 Å². The van der Waals surface area contributed by atoms with E-state index in [-0.39, 0.29) is 6.61 Å². The van der Waals surface area contributed by atoms with Crippen LogP contribution >= 0.6 is 0 Å². The molecule has 0 bridgehead atoms. The SMILES string of the molecule is NC(CO)c1cccc2[nH]c(=O)oc12. The maximum absolute atomic E-state index is 10.9. The van der Waals surface area contributed by atoms with E-state index in [9.17, 15) is 4.79 Å². The Bertz CT molecular complexity index is 500. The van der Waals surface area contributed by atoms with Crippen LogP contribution in [0.15, 0.2) is 27.4 Å². The van der Waals surface area contributed by atoms with Crippen molar-refractivity contribution in [3.05, 3.63) is 34.3 Å². The van der Waals surface area contributed by atoms with Crippen molar-refractivity contribution in [2.75, 3.05) is 6.61 Å². The molecule has 14 heavy (non-hydrogen) atoms. The number of hydrogen-bond acceptors (Lipinski definition) is 4. The Balaban J connectivity index is 2.70. The quantitative estimate of drug-likeness (QED) is 0.632. The van der Waals surface area contributed by atoms with E-state index in [1.807, 2.05) is 0 Å². The first-order valence-electron chi connectivity index (χ1n) is 4.20. The van der Waals surface area contributed by atoms with E-state index < -0.39 is 11.8 Å². The fourth-order valence-electron chi connectivity index (χ4n) is 1.39. The van der Waals surface area contributed by atoms with Crippen LogP contribution in [0.4, 0.5) is 0 Å². The van der Waals surface area contributed by atoms with Crippen LogP contribution in [-0.2, 0) is 0 Å². The average Bonchev–Trinajstić information content (AvgIpc) is 2.56. The Morgan fingerprint density at radius 3 is 3.07 bits per heavy atom. The number of rotatable bonds is 2. The lowest BCUT2D eigenvalue weighted by Crippen LogP contribution is -2.14. The number of benzene rings is 1. The number of aromatic nitrogens is 1. The summed E-state index contributed by atoms with van der Waals surface area (Å²) in [5.74, 6) is -0.516. The summed E-state index contributed by atoms with van der Waals surface area (Å²) in [6.07, 6.45) is 0. The minimum absolute atomic E-state index is 0.187. The molecular weight excluding hydrogens is 184 g/mol. The molecule has 5 heteroatoms. The molecule has 2 rings (SSSR count). The minimum atomic E-state index is -0.530. The fraction of sp³-hybridized carbons (Fsp3) is 0.222. The molecule has 1 unspecified atom stereocenters. The van der Waals surface area contributed by atoms with Crippen LogP contribution in [0.2, 0.25) is 0 Å². The minimum Gasteiger partial charge on any atom is -0.407 e. The topological polar surface area (TPSA) is 92.2 Å². The Morgan fingerprint density at radius 1 is 1.57 bits per heavy atom. The Morgan fingerprint density at radius 2 is 2.36 bits per heavy atom. The van der Waals surface area contributed by atoms with Crippen LogP contribution < -0.4 is 11.5 Å². The maximum atomic E-state index is 10.9. The lowest BCUT2D eigenvalue weighted by molar-refractivity contribution is 0.268. The number of fused-ring (bicyclic) bond motifs is 1. The number of aliphatic hydroxyl groups excluding tert-OH is 1. The number of nitrogens with two attached hydrogens (primary N) is 1. The van der Waals surface area contributed by atoms with Crippen LogP contribution in [0.25, 0.3) is 11.1 Å². The number of oxazole rings is 1. The summed E-state index contributed by atoms with van der Waals surface area (Å²) in [7, 11) is 0. The summed E-state index contributed by atoms with van der Waals surface area (Å²) in [5, 5.41) is 8.90.